The molecule has 0 aromatic carbocycles. The summed E-state index contributed by atoms with van der Waals surface area (Å²) < 4.78 is 0. The molecule has 4 fully saturated rings. The first-order valence-electron chi connectivity index (χ1n) is 8.94. The zero-order valence-electron chi connectivity index (χ0n) is 14.0. The van der Waals surface area contributed by atoms with Crippen molar-refractivity contribution in [2.24, 2.45) is 5.92 Å². The van der Waals surface area contributed by atoms with E-state index < -0.39 is 5.54 Å². The molecule has 126 valence electrons. The van der Waals surface area contributed by atoms with Gasteiger partial charge in [-0.1, -0.05) is 20.3 Å². The van der Waals surface area contributed by atoms with Crippen LogP contribution in [0.25, 0.3) is 0 Å². The van der Waals surface area contributed by atoms with Crippen LogP contribution in [0.1, 0.15) is 52.4 Å². The van der Waals surface area contributed by atoms with E-state index in [4.69, 9.17) is 0 Å². The fraction of sp³-hybridized carbons (Fsp3) is 0.824. The maximum atomic E-state index is 13.1. The molecule has 0 spiro atoms. The van der Waals surface area contributed by atoms with E-state index in [9.17, 15) is 14.4 Å². The Bertz CT molecular complexity index is 577. The average Bonchev–Trinajstić information content (AvgIpc) is 2.84. The lowest BCUT2D eigenvalue weighted by Crippen LogP contribution is -2.46. The zero-order valence-corrected chi connectivity index (χ0v) is 14.0. The van der Waals surface area contributed by atoms with Gasteiger partial charge in [0.25, 0.3) is 5.91 Å². The van der Waals surface area contributed by atoms with Crippen molar-refractivity contribution in [3.05, 3.63) is 0 Å². The number of likely N-dealkylation sites (tertiary alicyclic amines) is 1. The summed E-state index contributed by atoms with van der Waals surface area (Å²) in [6, 6.07) is -0.108. The summed E-state index contributed by atoms with van der Waals surface area (Å²) in [7, 11) is 0. The summed E-state index contributed by atoms with van der Waals surface area (Å²) >= 11 is 0. The van der Waals surface area contributed by atoms with Gasteiger partial charge in [0.05, 0.1) is 6.04 Å². The Morgan fingerprint density at radius 2 is 2.00 bits per heavy atom. The lowest BCUT2D eigenvalue weighted by molar-refractivity contribution is -0.134. The molecular weight excluding hydrogens is 294 g/mol. The Hall–Kier alpha value is -1.59. The van der Waals surface area contributed by atoms with E-state index >= 15 is 0 Å². The summed E-state index contributed by atoms with van der Waals surface area (Å²) in [5.41, 5.74) is -0.616. The molecule has 1 aliphatic carbocycles. The molecule has 4 aliphatic rings. The summed E-state index contributed by atoms with van der Waals surface area (Å²) in [5, 5.41) is 0. The third kappa shape index (κ3) is 1.96. The van der Waals surface area contributed by atoms with Crippen LogP contribution in [-0.2, 0) is 9.59 Å². The number of carbonyl (C=O) groups is 3. The first-order chi connectivity index (χ1) is 11.0. The molecule has 0 aromatic rings. The monoisotopic (exact) mass is 319 g/mol. The van der Waals surface area contributed by atoms with Gasteiger partial charge in [0.2, 0.25) is 5.91 Å². The van der Waals surface area contributed by atoms with E-state index in [0.717, 1.165) is 32.1 Å². The largest absolute Gasteiger partial charge is 0.337 e. The number of fused-ring (bicyclic) bond motifs is 1. The molecule has 0 unspecified atom stereocenters. The molecule has 1 saturated carbocycles. The van der Waals surface area contributed by atoms with Crippen molar-refractivity contribution in [1.29, 1.82) is 0 Å². The molecule has 0 radical (unpaired) electrons. The Labute approximate surface area is 136 Å². The van der Waals surface area contributed by atoms with Crippen LogP contribution in [-0.4, -0.2) is 63.3 Å². The summed E-state index contributed by atoms with van der Waals surface area (Å²) in [6.45, 7) is 5.40. The highest BCUT2D eigenvalue weighted by Gasteiger charge is 2.61. The summed E-state index contributed by atoms with van der Waals surface area (Å²) in [4.78, 5) is 43.3. The van der Waals surface area contributed by atoms with E-state index in [1.807, 2.05) is 4.90 Å². The highest BCUT2D eigenvalue weighted by Crippen LogP contribution is 2.44. The number of urea groups is 1. The fourth-order valence-electron chi connectivity index (χ4n) is 4.87. The molecular formula is C17H25N3O3. The van der Waals surface area contributed by atoms with Gasteiger partial charge in [-0.05, 0) is 31.6 Å². The molecule has 0 N–H and O–H groups in total. The number of rotatable bonds is 4. The predicted molar refractivity (Wildman–Crippen MR) is 83.5 cm³/mol. The van der Waals surface area contributed by atoms with Crippen LogP contribution < -0.4 is 0 Å². The van der Waals surface area contributed by atoms with Crippen molar-refractivity contribution < 1.29 is 14.4 Å². The molecule has 3 saturated heterocycles. The maximum absolute atomic E-state index is 13.1. The minimum Gasteiger partial charge on any atom is -0.337 e. The number of hydrogen-bond donors (Lipinski definition) is 0. The van der Waals surface area contributed by atoms with Crippen molar-refractivity contribution >= 4 is 17.8 Å². The zero-order chi connectivity index (χ0) is 16.4. The second-order valence-electron chi connectivity index (χ2n) is 7.68. The van der Waals surface area contributed by atoms with Crippen LogP contribution >= 0.6 is 0 Å². The van der Waals surface area contributed by atoms with Crippen molar-refractivity contribution in [3.63, 3.8) is 0 Å². The molecule has 3 heterocycles. The Kier molecular flexibility index (Phi) is 3.22. The number of nitrogens with zero attached hydrogens (tertiary/aromatic N) is 3. The first-order valence-corrected chi connectivity index (χ1v) is 8.94. The van der Waals surface area contributed by atoms with Crippen LogP contribution in [0.3, 0.4) is 0 Å². The first kappa shape index (κ1) is 15.0. The molecule has 23 heavy (non-hydrogen) atoms. The van der Waals surface area contributed by atoms with E-state index in [1.54, 1.807) is 4.90 Å². The van der Waals surface area contributed by atoms with Crippen molar-refractivity contribution in [2.45, 2.75) is 70.0 Å². The quantitative estimate of drug-likeness (QED) is 0.739. The van der Waals surface area contributed by atoms with Crippen LogP contribution in [0.4, 0.5) is 4.79 Å². The third-order valence-corrected chi connectivity index (χ3v) is 6.18. The average molecular weight is 319 g/mol. The molecule has 4 amide bonds. The van der Waals surface area contributed by atoms with Crippen molar-refractivity contribution in [2.75, 3.05) is 13.1 Å². The van der Waals surface area contributed by atoms with Gasteiger partial charge < -0.3 is 9.80 Å². The van der Waals surface area contributed by atoms with Gasteiger partial charge in [0.15, 0.2) is 0 Å². The minimum atomic E-state index is -0.616. The number of hydrogen-bond acceptors (Lipinski definition) is 3. The molecule has 4 atom stereocenters. The van der Waals surface area contributed by atoms with E-state index in [1.165, 1.54) is 4.90 Å². The van der Waals surface area contributed by atoms with Crippen LogP contribution in [0.5, 0.6) is 0 Å². The van der Waals surface area contributed by atoms with Gasteiger partial charge in [-0.15, -0.1) is 0 Å². The summed E-state index contributed by atoms with van der Waals surface area (Å²) in [6.07, 6.45) is 4.65. The highest BCUT2D eigenvalue weighted by molar-refractivity contribution is 6.08. The van der Waals surface area contributed by atoms with Crippen LogP contribution in [0.15, 0.2) is 0 Å². The molecule has 0 bridgehead atoms. The van der Waals surface area contributed by atoms with Crippen molar-refractivity contribution in [1.82, 2.24) is 14.7 Å². The predicted octanol–water partition coefficient (Wildman–Crippen LogP) is 1.59. The SMILES string of the molecule is CCC[C@]12CCCN1C(=O)N([C@@H]1CC(=O)N([C@H]3C[C@@H]3C)C1)C2=O. The second-order valence-corrected chi connectivity index (χ2v) is 7.68. The number of imide groups is 1. The van der Waals surface area contributed by atoms with E-state index in [2.05, 4.69) is 13.8 Å². The maximum Gasteiger partial charge on any atom is 0.328 e. The van der Waals surface area contributed by atoms with Crippen LogP contribution in [0.2, 0.25) is 0 Å². The molecule has 6 heteroatoms. The van der Waals surface area contributed by atoms with Gasteiger partial charge in [0.1, 0.15) is 5.54 Å². The minimum absolute atomic E-state index is 0.0506. The Balaban J connectivity index is 1.57. The summed E-state index contributed by atoms with van der Waals surface area (Å²) in [5.74, 6) is 0.601. The van der Waals surface area contributed by atoms with E-state index in [0.29, 0.717) is 31.5 Å². The second kappa shape index (κ2) is 4.95. The van der Waals surface area contributed by atoms with Gasteiger partial charge in [0, 0.05) is 25.6 Å². The molecule has 6 nitrogen and oxygen atoms in total. The van der Waals surface area contributed by atoms with E-state index in [-0.39, 0.29) is 23.9 Å². The Morgan fingerprint density at radius 1 is 1.26 bits per heavy atom. The number of amides is 4. The molecule has 3 aliphatic heterocycles. The smallest absolute Gasteiger partial charge is 0.328 e. The normalized spacial score (nSPS) is 39.7. The topological polar surface area (TPSA) is 60.9 Å². The molecule has 4 rings (SSSR count). The number of carbonyl (C=O) groups excluding carboxylic acids is 3. The van der Waals surface area contributed by atoms with Gasteiger partial charge in [-0.3, -0.25) is 14.5 Å². The van der Waals surface area contributed by atoms with Crippen molar-refractivity contribution in [3.8, 4) is 0 Å². The standard InChI is InChI=1S/C17H25N3O3/c1-3-5-17-6-4-7-19(17)16(23)20(15(17)22)12-9-14(21)18(10-12)13-8-11(13)2/h11-13H,3-10H2,1-2H3/t11-,12+,13-,17+/m0/s1. The van der Waals surface area contributed by atoms with Gasteiger partial charge in [-0.25, -0.2) is 4.79 Å². The van der Waals surface area contributed by atoms with Gasteiger partial charge >= 0.3 is 6.03 Å². The van der Waals surface area contributed by atoms with Crippen LogP contribution in [0, 0.1) is 5.92 Å². The van der Waals surface area contributed by atoms with Gasteiger partial charge in [-0.2, -0.15) is 0 Å². The molecule has 0 aromatic heterocycles. The lowest BCUT2D eigenvalue weighted by Gasteiger charge is -2.27. The fourth-order valence-corrected chi connectivity index (χ4v) is 4.87. The Morgan fingerprint density at radius 3 is 2.65 bits per heavy atom. The lowest BCUT2D eigenvalue weighted by atomic mass is 9.90. The highest BCUT2D eigenvalue weighted by atomic mass is 16.2. The third-order valence-electron chi connectivity index (χ3n) is 6.18.